The first kappa shape index (κ1) is 16.9. The number of hydrogen-bond donors (Lipinski definition) is 1. The van der Waals surface area contributed by atoms with Gasteiger partial charge in [-0.25, -0.2) is 0 Å². The Morgan fingerprint density at radius 2 is 1.89 bits per heavy atom. The second kappa shape index (κ2) is 11.1. The zero-order valence-corrected chi connectivity index (χ0v) is 12.0. The van der Waals surface area contributed by atoms with E-state index in [0.717, 1.165) is 0 Å². The lowest BCUT2D eigenvalue weighted by Gasteiger charge is -2.06. The number of methoxy groups -OCH3 is 1. The maximum atomic E-state index is 10.7. The van der Waals surface area contributed by atoms with Gasteiger partial charge in [-0.05, 0) is 12.1 Å². The van der Waals surface area contributed by atoms with E-state index in [2.05, 4.69) is 23.7 Å². The van der Waals surface area contributed by atoms with Gasteiger partial charge in [-0.1, -0.05) is 37.9 Å². The van der Waals surface area contributed by atoms with Gasteiger partial charge < -0.3 is 9.26 Å². The van der Waals surface area contributed by atoms with Crippen molar-refractivity contribution >= 4 is 28.2 Å². The molecule has 0 aliphatic rings. The molecule has 98 valence electrons. The standard InChI is InChI=1S/C9H11BNO3P.C3H8/c1-13-9(12)6-11-15-14-8-4-2-7(10)3-5-8;1-3-2/h2-5,11,15H,6H2,1H3;3H2,1-2H3. The van der Waals surface area contributed by atoms with E-state index < -0.39 is 0 Å². The van der Waals surface area contributed by atoms with Gasteiger partial charge >= 0.3 is 5.97 Å². The molecule has 0 saturated carbocycles. The van der Waals surface area contributed by atoms with Crippen LogP contribution in [0.15, 0.2) is 24.3 Å². The second-order valence-electron chi connectivity index (χ2n) is 3.41. The summed E-state index contributed by atoms with van der Waals surface area (Å²) in [6.45, 7) is 4.39. The smallest absolute Gasteiger partial charge is 0.320 e. The van der Waals surface area contributed by atoms with Crippen LogP contribution in [0.25, 0.3) is 0 Å². The molecule has 0 amide bonds. The Hall–Kier alpha value is -1.06. The second-order valence-corrected chi connectivity index (χ2v) is 4.17. The van der Waals surface area contributed by atoms with Gasteiger partial charge in [0.2, 0.25) is 0 Å². The molecule has 0 aliphatic carbocycles. The first-order chi connectivity index (χ1) is 8.63. The fourth-order valence-corrected chi connectivity index (χ4v) is 1.35. The molecule has 1 N–H and O–H groups in total. The van der Waals surface area contributed by atoms with E-state index in [-0.39, 0.29) is 21.5 Å². The van der Waals surface area contributed by atoms with Crippen molar-refractivity contribution in [1.29, 1.82) is 0 Å². The van der Waals surface area contributed by atoms with Gasteiger partial charge in [0.05, 0.1) is 13.7 Å². The molecule has 4 nitrogen and oxygen atoms in total. The van der Waals surface area contributed by atoms with E-state index in [1.165, 1.54) is 13.5 Å². The van der Waals surface area contributed by atoms with Crippen molar-refractivity contribution < 1.29 is 14.1 Å². The summed E-state index contributed by atoms with van der Waals surface area (Å²) in [5.74, 6) is 0.392. The van der Waals surface area contributed by atoms with Crippen molar-refractivity contribution in [2.75, 3.05) is 13.7 Å². The van der Waals surface area contributed by atoms with Crippen LogP contribution in [0.3, 0.4) is 0 Å². The Bertz CT molecular complexity index is 333. The summed E-state index contributed by atoms with van der Waals surface area (Å²) in [7, 11) is 6.86. The summed E-state index contributed by atoms with van der Waals surface area (Å²) in [4.78, 5) is 10.7. The highest BCUT2D eigenvalue weighted by molar-refractivity contribution is 7.30. The Balaban J connectivity index is 0.000000873. The molecule has 0 heterocycles. The SMILES string of the molecule is CCC.[B]c1ccc(OPNCC(=O)OC)cc1. The van der Waals surface area contributed by atoms with Crippen LogP contribution in [0, 0.1) is 0 Å². The van der Waals surface area contributed by atoms with E-state index in [1.807, 2.05) is 0 Å². The van der Waals surface area contributed by atoms with Crippen LogP contribution < -0.4 is 15.1 Å². The van der Waals surface area contributed by atoms with Crippen LogP contribution in [0.1, 0.15) is 20.3 Å². The Kier molecular flexibility index (Phi) is 10.4. The van der Waals surface area contributed by atoms with Gasteiger partial charge in [0, 0.05) is 0 Å². The van der Waals surface area contributed by atoms with Gasteiger partial charge in [-0.3, -0.25) is 9.88 Å². The monoisotopic (exact) mass is 267 g/mol. The van der Waals surface area contributed by atoms with E-state index in [4.69, 9.17) is 12.4 Å². The van der Waals surface area contributed by atoms with Crippen molar-refractivity contribution in [2.45, 2.75) is 20.3 Å². The molecule has 1 rings (SSSR count). The predicted octanol–water partition coefficient (Wildman–Crippen LogP) is 1.55. The molecule has 0 bridgehead atoms. The lowest BCUT2D eigenvalue weighted by Crippen LogP contribution is -2.17. The molecule has 0 aliphatic heterocycles. The van der Waals surface area contributed by atoms with Gasteiger partial charge in [0.25, 0.3) is 0 Å². The molecule has 2 radical (unpaired) electrons. The quantitative estimate of drug-likeness (QED) is 0.380. The Labute approximate surface area is 112 Å². The largest absolute Gasteiger partial charge is 0.468 e. The number of benzene rings is 1. The van der Waals surface area contributed by atoms with Crippen LogP contribution in [-0.2, 0) is 9.53 Å². The number of ether oxygens (including phenoxy) is 1. The van der Waals surface area contributed by atoms with E-state index in [9.17, 15) is 4.79 Å². The minimum absolute atomic E-state index is 0.0106. The van der Waals surface area contributed by atoms with Gasteiger partial charge in [0.1, 0.15) is 22.6 Å². The molecule has 6 heteroatoms. The lowest BCUT2D eigenvalue weighted by atomic mass is 9.97. The maximum Gasteiger partial charge on any atom is 0.320 e. The number of carbonyl (C=O) groups excluding carboxylic acids is 1. The fraction of sp³-hybridized carbons (Fsp3) is 0.417. The third-order valence-electron chi connectivity index (χ3n) is 1.58. The summed E-state index contributed by atoms with van der Waals surface area (Å²) >= 11 is 0. The van der Waals surface area contributed by atoms with Crippen LogP contribution in [-0.4, -0.2) is 27.5 Å². The highest BCUT2D eigenvalue weighted by Crippen LogP contribution is 2.15. The third-order valence-corrected chi connectivity index (χ3v) is 2.24. The van der Waals surface area contributed by atoms with E-state index in [0.29, 0.717) is 11.2 Å². The van der Waals surface area contributed by atoms with Crippen molar-refractivity contribution in [3.63, 3.8) is 0 Å². The number of nitrogens with one attached hydrogen (secondary N) is 1. The first-order valence-corrected chi connectivity index (χ1v) is 6.61. The van der Waals surface area contributed by atoms with E-state index >= 15 is 0 Å². The third kappa shape index (κ3) is 9.02. The van der Waals surface area contributed by atoms with Crippen LogP contribution in [0.5, 0.6) is 5.75 Å². The number of carbonyl (C=O) groups is 1. The number of hydrogen-bond acceptors (Lipinski definition) is 4. The molecule has 1 aromatic carbocycles. The molecule has 1 atom stereocenters. The lowest BCUT2D eigenvalue weighted by molar-refractivity contribution is -0.139. The highest BCUT2D eigenvalue weighted by Gasteiger charge is 1.98. The first-order valence-electron chi connectivity index (χ1n) is 5.71. The summed E-state index contributed by atoms with van der Waals surface area (Å²) in [5.41, 5.74) is 0.688. The summed E-state index contributed by atoms with van der Waals surface area (Å²) in [6, 6.07) is 7.03. The summed E-state index contributed by atoms with van der Waals surface area (Å²) in [6.07, 6.45) is 1.25. The molecule has 0 spiro atoms. The normalized spacial score (nSPS) is 9.72. The zero-order chi connectivity index (χ0) is 13.8. The van der Waals surface area contributed by atoms with Gasteiger partial charge in [-0.2, -0.15) is 0 Å². The Morgan fingerprint density at radius 1 is 1.33 bits per heavy atom. The van der Waals surface area contributed by atoms with Gasteiger partial charge in [0.15, 0.2) is 0 Å². The van der Waals surface area contributed by atoms with Crippen LogP contribution >= 0.6 is 8.96 Å². The minimum Gasteiger partial charge on any atom is -0.468 e. The molecule has 0 saturated heterocycles. The van der Waals surface area contributed by atoms with Crippen molar-refractivity contribution in [3.8, 4) is 5.75 Å². The van der Waals surface area contributed by atoms with E-state index in [1.54, 1.807) is 24.3 Å². The van der Waals surface area contributed by atoms with Gasteiger partial charge in [-0.15, -0.1) is 0 Å². The topological polar surface area (TPSA) is 47.6 Å². The predicted molar refractivity (Wildman–Crippen MR) is 76.8 cm³/mol. The highest BCUT2D eigenvalue weighted by atomic mass is 31.1. The molecule has 0 fully saturated rings. The molecule has 1 unspecified atom stereocenters. The summed E-state index contributed by atoms with van der Waals surface area (Å²) < 4.78 is 9.76. The molecule has 18 heavy (non-hydrogen) atoms. The molecular weight excluding hydrogens is 248 g/mol. The zero-order valence-electron chi connectivity index (χ0n) is 11.0. The minimum atomic E-state index is -0.316. The molecule has 1 aromatic rings. The van der Waals surface area contributed by atoms with Crippen molar-refractivity contribution in [1.82, 2.24) is 5.09 Å². The Morgan fingerprint density at radius 3 is 2.39 bits per heavy atom. The van der Waals surface area contributed by atoms with Crippen LogP contribution in [0.4, 0.5) is 0 Å². The van der Waals surface area contributed by atoms with Crippen molar-refractivity contribution in [2.24, 2.45) is 0 Å². The number of esters is 1. The fourth-order valence-electron chi connectivity index (χ4n) is 0.811. The number of rotatable bonds is 5. The average Bonchev–Trinajstić information content (AvgIpc) is 2.37. The summed E-state index contributed by atoms with van der Waals surface area (Å²) in [5, 5.41) is 2.80. The average molecular weight is 267 g/mol. The van der Waals surface area contributed by atoms with Crippen LogP contribution in [0.2, 0.25) is 0 Å². The maximum absolute atomic E-state index is 10.7. The molecule has 0 aromatic heterocycles. The van der Waals surface area contributed by atoms with Crippen molar-refractivity contribution in [3.05, 3.63) is 24.3 Å². The molecular formula is C12H19BNO3P.